The third-order valence-corrected chi connectivity index (χ3v) is 3.85. The third-order valence-electron chi connectivity index (χ3n) is 3.85. The van der Waals surface area contributed by atoms with Crippen LogP contribution in [-0.2, 0) is 4.79 Å². The van der Waals surface area contributed by atoms with Crippen molar-refractivity contribution in [3.05, 3.63) is 29.8 Å². The van der Waals surface area contributed by atoms with Crippen LogP contribution in [0.2, 0.25) is 0 Å². The number of hydrogen-bond acceptors (Lipinski definition) is 3. The largest absolute Gasteiger partial charge is 0.339 e. The topological polar surface area (TPSA) is 75.4 Å². The Bertz CT molecular complexity index is 519. The first-order valence-electron chi connectivity index (χ1n) is 7.93. The summed E-state index contributed by atoms with van der Waals surface area (Å²) in [6, 6.07) is 6.51. The number of carbonyl (C=O) groups excluding carboxylic acids is 2. The number of benzene rings is 1. The highest BCUT2D eigenvalue weighted by atomic mass is 16.2. The molecule has 0 radical (unpaired) electrons. The lowest BCUT2D eigenvalue weighted by molar-refractivity contribution is -0.117. The van der Waals surface area contributed by atoms with Gasteiger partial charge in [0.25, 0.3) is 5.91 Å². The minimum Gasteiger partial charge on any atom is -0.339 e. The highest BCUT2D eigenvalue weighted by Crippen LogP contribution is 2.16. The molecule has 1 heterocycles. The maximum atomic E-state index is 12.2. The summed E-state index contributed by atoms with van der Waals surface area (Å²) in [5.41, 5.74) is 7.18. The number of nitrogens with two attached hydrogens (primary N) is 1. The minimum absolute atomic E-state index is 0.0619. The molecule has 1 aromatic carbocycles. The summed E-state index contributed by atoms with van der Waals surface area (Å²) in [6.45, 7) is 5.74. The van der Waals surface area contributed by atoms with Crippen molar-refractivity contribution in [3.8, 4) is 0 Å². The second-order valence-corrected chi connectivity index (χ2v) is 6.30. The molecule has 1 aliphatic heterocycles. The van der Waals surface area contributed by atoms with E-state index in [1.807, 2.05) is 18.7 Å². The Morgan fingerprint density at radius 1 is 1.18 bits per heavy atom. The Kier molecular flexibility index (Phi) is 5.55. The van der Waals surface area contributed by atoms with Crippen molar-refractivity contribution in [1.82, 2.24) is 4.90 Å². The number of likely N-dealkylation sites (tertiary alicyclic amines) is 1. The van der Waals surface area contributed by atoms with Crippen LogP contribution in [0, 0.1) is 5.92 Å². The number of amides is 2. The number of anilines is 1. The summed E-state index contributed by atoms with van der Waals surface area (Å²) >= 11 is 0. The van der Waals surface area contributed by atoms with Crippen LogP contribution >= 0.6 is 0 Å². The molecule has 1 aromatic rings. The van der Waals surface area contributed by atoms with Crippen molar-refractivity contribution < 1.29 is 9.59 Å². The average molecular weight is 303 g/mol. The Labute approximate surface area is 131 Å². The van der Waals surface area contributed by atoms with Gasteiger partial charge in [0.1, 0.15) is 0 Å². The summed E-state index contributed by atoms with van der Waals surface area (Å²) < 4.78 is 0. The van der Waals surface area contributed by atoms with Gasteiger partial charge in [0.05, 0.1) is 6.04 Å². The summed E-state index contributed by atoms with van der Waals surface area (Å²) in [4.78, 5) is 26.1. The fourth-order valence-electron chi connectivity index (χ4n) is 2.65. The molecule has 1 saturated heterocycles. The Morgan fingerprint density at radius 2 is 1.77 bits per heavy atom. The van der Waals surface area contributed by atoms with Gasteiger partial charge in [-0.25, -0.2) is 0 Å². The van der Waals surface area contributed by atoms with Crippen molar-refractivity contribution in [2.45, 2.75) is 39.2 Å². The molecular formula is C17H25N3O2. The molecule has 0 unspecified atom stereocenters. The van der Waals surface area contributed by atoms with Crippen molar-refractivity contribution >= 4 is 17.5 Å². The molecule has 1 atom stereocenters. The smallest absolute Gasteiger partial charge is 0.253 e. The maximum absolute atomic E-state index is 12.2. The molecule has 5 heteroatoms. The number of carbonyl (C=O) groups is 2. The summed E-state index contributed by atoms with van der Waals surface area (Å²) in [5.74, 6) is 0.250. The molecule has 5 nitrogen and oxygen atoms in total. The first kappa shape index (κ1) is 16.5. The first-order valence-corrected chi connectivity index (χ1v) is 7.93. The molecule has 0 bridgehead atoms. The van der Waals surface area contributed by atoms with E-state index in [2.05, 4.69) is 5.32 Å². The normalized spacial score (nSPS) is 15.9. The van der Waals surface area contributed by atoms with E-state index >= 15 is 0 Å². The predicted molar refractivity (Wildman–Crippen MR) is 87.6 cm³/mol. The molecule has 2 amide bonds. The second kappa shape index (κ2) is 7.40. The van der Waals surface area contributed by atoms with Gasteiger partial charge in [0, 0.05) is 24.3 Å². The van der Waals surface area contributed by atoms with E-state index in [0.717, 1.165) is 25.9 Å². The van der Waals surface area contributed by atoms with E-state index in [-0.39, 0.29) is 11.8 Å². The number of rotatable bonds is 5. The van der Waals surface area contributed by atoms with Crippen LogP contribution in [0.25, 0.3) is 0 Å². The molecule has 1 aliphatic rings. The highest BCUT2D eigenvalue weighted by Gasteiger charge is 2.19. The number of nitrogens with one attached hydrogen (secondary N) is 1. The van der Waals surface area contributed by atoms with Gasteiger partial charge in [-0.15, -0.1) is 0 Å². The zero-order valence-corrected chi connectivity index (χ0v) is 13.3. The van der Waals surface area contributed by atoms with E-state index in [1.165, 1.54) is 0 Å². The molecule has 3 N–H and O–H groups in total. The van der Waals surface area contributed by atoms with Crippen LogP contribution in [0.3, 0.4) is 0 Å². The lowest BCUT2D eigenvalue weighted by atomic mass is 10.0. The van der Waals surface area contributed by atoms with Crippen molar-refractivity contribution in [3.63, 3.8) is 0 Å². The van der Waals surface area contributed by atoms with Gasteiger partial charge in [0.15, 0.2) is 0 Å². The van der Waals surface area contributed by atoms with Gasteiger partial charge >= 0.3 is 0 Å². The molecule has 120 valence electrons. The quantitative estimate of drug-likeness (QED) is 0.876. The van der Waals surface area contributed by atoms with Gasteiger partial charge < -0.3 is 16.0 Å². The fraction of sp³-hybridized carbons (Fsp3) is 0.529. The van der Waals surface area contributed by atoms with Gasteiger partial charge in [0.2, 0.25) is 5.91 Å². The Morgan fingerprint density at radius 3 is 2.32 bits per heavy atom. The van der Waals surface area contributed by atoms with Crippen molar-refractivity contribution in [2.24, 2.45) is 11.7 Å². The zero-order valence-electron chi connectivity index (χ0n) is 13.3. The average Bonchev–Trinajstić information content (AvgIpc) is 3.00. The first-order chi connectivity index (χ1) is 10.5. The Hall–Kier alpha value is -1.88. The molecule has 1 fully saturated rings. The summed E-state index contributed by atoms with van der Waals surface area (Å²) in [5, 5.41) is 2.79. The van der Waals surface area contributed by atoms with Crippen LogP contribution < -0.4 is 11.1 Å². The molecule has 0 spiro atoms. The van der Waals surface area contributed by atoms with Gasteiger partial charge in [-0.05, 0) is 49.4 Å². The van der Waals surface area contributed by atoms with E-state index in [4.69, 9.17) is 5.73 Å². The van der Waals surface area contributed by atoms with E-state index in [0.29, 0.717) is 23.6 Å². The molecule has 0 saturated carbocycles. The monoisotopic (exact) mass is 303 g/mol. The lowest BCUT2D eigenvalue weighted by Crippen LogP contribution is -2.36. The van der Waals surface area contributed by atoms with E-state index in [1.54, 1.807) is 24.3 Å². The van der Waals surface area contributed by atoms with Crippen LogP contribution in [0.15, 0.2) is 24.3 Å². The standard InChI is InChI=1S/C17H25N3O2/c1-12(2)11-15(18)16(21)19-14-7-5-13(6-8-14)17(22)20-9-3-4-10-20/h5-8,12,15H,3-4,9-11,18H2,1-2H3,(H,19,21)/t15-/m0/s1. The van der Waals surface area contributed by atoms with Crippen LogP contribution in [-0.4, -0.2) is 35.8 Å². The van der Waals surface area contributed by atoms with E-state index < -0.39 is 6.04 Å². The molecule has 2 rings (SSSR count). The molecular weight excluding hydrogens is 278 g/mol. The lowest BCUT2D eigenvalue weighted by Gasteiger charge is -2.16. The predicted octanol–water partition coefficient (Wildman–Crippen LogP) is 2.23. The number of nitrogens with zero attached hydrogens (tertiary/aromatic N) is 1. The summed E-state index contributed by atoms with van der Waals surface area (Å²) in [7, 11) is 0. The highest BCUT2D eigenvalue weighted by molar-refractivity contribution is 5.97. The van der Waals surface area contributed by atoms with E-state index in [9.17, 15) is 9.59 Å². The second-order valence-electron chi connectivity index (χ2n) is 6.30. The van der Waals surface area contributed by atoms with Crippen molar-refractivity contribution in [1.29, 1.82) is 0 Å². The van der Waals surface area contributed by atoms with Gasteiger partial charge in [-0.2, -0.15) is 0 Å². The third kappa shape index (κ3) is 4.31. The molecule has 22 heavy (non-hydrogen) atoms. The summed E-state index contributed by atoms with van der Waals surface area (Å²) in [6.07, 6.45) is 2.80. The fourth-order valence-corrected chi connectivity index (χ4v) is 2.65. The molecule has 0 aromatic heterocycles. The molecule has 0 aliphatic carbocycles. The zero-order chi connectivity index (χ0) is 16.1. The van der Waals surface area contributed by atoms with Crippen LogP contribution in [0.5, 0.6) is 0 Å². The van der Waals surface area contributed by atoms with Crippen LogP contribution in [0.1, 0.15) is 43.5 Å². The van der Waals surface area contributed by atoms with Gasteiger partial charge in [-0.3, -0.25) is 9.59 Å². The SMILES string of the molecule is CC(C)C[C@H](N)C(=O)Nc1ccc(C(=O)N2CCCC2)cc1. The van der Waals surface area contributed by atoms with Gasteiger partial charge in [-0.1, -0.05) is 13.8 Å². The maximum Gasteiger partial charge on any atom is 0.253 e. The number of hydrogen-bond donors (Lipinski definition) is 2. The van der Waals surface area contributed by atoms with Crippen LogP contribution in [0.4, 0.5) is 5.69 Å². The Balaban J connectivity index is 1.94. The minimum atomic E-state index is -0.508. The van der Waals surface area contributed by atoms with Crippen molar-refractivity contribution in [2.75, 3.05) is 18.4 Å².